The highest BCUT2D eigenvalue weighted by Crippen LogP contribution is 2.28. The molecule has 0 aliphatic carbocycles. The van der Waals surface area contributed by atoms with Crippen molar-refractivity contribution in [2.45, 2.75) is 38.5 Å². The monoisotopic (exact) mass is 562 g/mol. The highest BCUT2D eigenvalue weighted by molar-refractivity contribution is 6.32. The molecule has 4 aromatic rings. The van der Waals surface area contributed by atoms with Crippen LogP contribution in [0.3, 0.4) is 0 Å². The van der Waals surface area contributed by atoms with Crippen LogP contribution in [0.2, 0.25) is 10.0 Å². The Morgan fingerprint density at radius 1 is 1.08 bits per heavy atom. The third-order valence-electron chi connectivity index (χ3n) is 5.23. The molecule has 0 fully saturated rings. The number of hydrogen-bond acceptors (Lipinski definition) is 5. The van der Waals surface area contributed by atoms with Crippen LogP contribution in [0.5, 0.6) is 0 Å². The zero-order valence-electron chi connectivity index (χ0n) is 18.8. The van der Waals surface area contributed by atoms with Gasteiger partial charge in [-0.1, -0.05) is 29.3 Å². The Hall–Kier alpha value is -3.29. The third kappa shape index (κ3) is 5.53. The lowest BCUT2D eigenvalue weighted by Crippen LogP contribution is -2.37. The maximum atomic E-state index is 14.5. The summed E-state index contributed by atoms with van der Waals surface area (Å²) in [6.45, 7) is -0.510. The lowest BCUT2D eigenvalue weighted by atomic mass is 10.2. The number of para-hydroxylation sites is 1. The van der Waals surface area contributed by atoms with Crippen LogP contribution >= 0.6 is 23.2 Å². The standard InChI is InChI=1S/C22H17Cl2F5N6O2/c1-11(25)19-30-17(31-35(19)18-14(24)3-2-4-15(18)26)10-34-21(37)33(9-16(36)22(27,28)29)20(32-34)12-5-7-13(23)8-6-12/h2-8,11,16,36H,9-10H2,1H3/t11?,16-/m0/s1. The number of aliphatic hydroxyl groups is 1. The van der Waals surface area contributed by atoms with E-state index in [1.54, 1.807) is 0 Å². The minimum absolute atomic E-state index is 0.0778. The van der Waals surface area contributed by atoms with Crippen molar-refractivity contribution in [3.05, 3.63) is 80.5 Å². The number of aliphatic hydroxyl groups excluding tert-OH is 1. The molecule has 2 atom stereocenters. The van der Waals surface area contributed by atoms with Crippen molar-refractivity contribution in [1.82, 2.24) is 29.1 Å². The summed E-state index contributed by atoms with van der Waals surface area (Å²) < 4.78 is 70.2. The van der Waals surface area contributed by atoms with Crippen LogP contribution < -0.4 is 5.69 Å². The molecule has 0 spiro atoms. The van der Waals surface area contributed by atoms with Crippen molar-refractivity contribution in [2.24, 2.45) is 0 Å². The van der Waals surface area contributed by atoms with Crippen LogP contribution in [0, 0.1) is 5.82 Å². The molecule has 0 amide bonds. The van der Waals surface area contributed by atoms with E-state index >= 15 is 0 Å². The molecule has 0 saturated carbocycles. The second kappa shape index (κ2) is 10.2. The van der Waals surface area contributed by atoms with E-state index in [2.05, 4.69) is 15.2 Å². The number of benzene rings is 2. The topological polar surface area (TPSA) is 90.8 Å². The Labute approximate surface area is 215 Å². The van der Waals surface area contributed by atoms with Crippen LogP contribution in [0.15, 0.2) is 47.3 Å². The fourth-order valence-corrected chi connectivity index (χ4v) is 3.85. The number of hydrogen-bond donors (Lipinski definition) is 1. The van der Waals surface area contributed by atoms with Crippen LogP contribution in [0.1, 0.15) is 24.7 Å². The maximum absolute atomic E-state index is 14.5. The lowest BCUT2D eigenvalue weighted by Gasteiger charge is -2.15. The molecule has 2 heterocycles. The summed E-state index contributed by atoms with van der Waals surface area (Å²) in [6, 6.07) is 9.55. The van der Waals surface area contributed by atoms with E-state index < -0.39 is 43.0 Å². The minimum Gasteiger partial charge on any atom is -0.382 e. The molecule has 2 aromatic carbocycles. The molecular formula is C22H17Cl2F5N6O2. The van der Waals surface area contributed by atoms with Crippen LogP contribution in [-0.2, 0) is 13.1 Å². The Morgan fingerprint density at radius 3 is 2.35 bits per heavy atom. The second-order valence-corrected chi connectivity index (χ2v) is 8.77. The smallest absolute Gasteiger partial charge is 0.382 e. The first-order valence-corrected chi connectivity index (χ1v) is 11.3. The number of aromatic nitrogens is 6. The van der Waals surface area contributed by atoms with Crippen molar-refractivity contribution in [3.8, 4) is 17.1 Å². The first-order valence-electron chi connectivity index (χ1n) is 10.6. The average molecular weight is 563 g/mol. The van der Waals surface area contributed by atoms with Gasteiger partial charge in [-0.25, -0.2) is 27.9 Å². The van der Waals surface area contributed by atoms with Gasteiger partial charge in [0.05, 0.1) is 11.6 Å². The SMILES string of the molecule is CC(F)c1nc(Cn2nc(-c3ccc(Cl)cc3)n(C[C@H](O)C(F)(F)F)c2=O)nn1-c1c(F)cccc1Cl. The molecule has 15 heteroatoms. The largest absolute Gasteiger partial charge is 0.416 e. The molecular weight excluding hydrogens is 546 g/mol. The van der Waals surface area contributed by atoms with E-state index in [1.165, 1.54) is 36.4 Å². The van der Waals surface area contributed by atoms with Gasteiger partial charge in [0.1, 0.15) is 18.0 Å². The van der Waals surface area contributed by atoms with Gasteiger partial charge in [0.25, 0.3) is 0 Å². The molecule has 0 aliphatic rings. The van der Waals surface area contributed by atoms with Crippen molar-refractivity contribution in [2.75, 3.05) is 0 Å². The predicted octanol–water partition coefficient (Wildman–Crippen LogP) is 4.74. The van der Waals surface area contributed by atoms with Crippen molar-refractivity contribution >= 4 is 23.2 Å². The summed E-state index contributed by atoms with van der Waals surface area (Å²) in [5.74, 6) is -1.51. The molecule has 0 saturated heterocycles. The van der Waals surface area contributed by atoms with E-state index in [0.717, 1.165) is 22.4 Å². The van der Waals surface area contributed by atoms with Gasteiger partial charge in [0.2, 0.25) is 0 Å². The summed E-state index contributed by atoms with van der Waals surface area (Å²) in [7, 11) is 0. The Bertz CT molecular complexity index is 1460. The molecule has 0 aliphatic heterocycles. The fraction of sp³-hybridized carbons (Fsp3) is 0.273. The highest BCUT2D eigenvalue weighted by Gasteiger charge is 2.39. The summed E-state index contributed by atoms with van der Waals surface area (Å²) in [5, 5.41) is 18.0. The zero-order valence-corrected chi connectivity index (χ0v) is 20.3. The maximum Gasteiger partial charge on any atom is 0.416 e. The molecule has 4 rings (SSSR count). The lowest BCUT2D eigenvalue weighted by molar-refractivity contribution is -0.207. The fourth-order valence-electron chi connectivity index (χ4n) is 3.48. The summed E-state index contributed by atoms with van der Waals surface area (Å²) in [6.07, 6.45) is -9.57. The van der Waals surface area contributed by atoms with Crippen LogP contribution in [0.4, 0.5) is 22.0 Å². The second-order valence-electron chi connectivity index (χ2n) is 7.92. The van der Waals surface area contributed by atoms with Gasteiger partial charge < -0.3 is 5.11 Å². The first kappa shape index (κ1) is 26.8. The molecule has 0 bridgehead atoms. The first-order chi connectivity index (χ1) is 17.4. The number of halogens is 7. The number of alkyl halides is 4. The van der Waals surface area contributed by atoms with E-state index in [4.69, 9.17) is 23.2 Å². The minimum atomic E-state index is -5.00. The van der Waals surface area contributed by atoms with E-state index in [-0.39, 0.29) is 33.7 Å². The Balaban J connectivity index is 1.79. The molecule has 37 heavy (non-hydrogen) atoms. The van der Waals surface area contributed by atoms with Gasteiger partial charge in [-0.15, -0.1) is 10.2 Å². The number of nitrogens with zero attached hydrogens (tertiary/aromatic N) is 6. The van der Waals surface area contributed by atoms with Gasteiger partial charge in [-0.2, -0.15) is 13.2 Å². The molecule has 1 N–H and O–H groups in total. The summed E-state index contributed by atoms with van der Waals surface area (Å²) in [5.41, 5.74) is -1.05. The molecule has 196 valence electrons. The quantitative estimate of drug-likeness (QED) is 0.328. The predicted molar refractivity (Wildman–Crippen MR) is 124 cm³/mol. The summed E-state index contributed by atoms with van der Waals surface area (Å²) >= 11 is 12.0. The van der Waals surface area contributed by atoms with Gasteiger partial charge in [0.15, 0.2) is 29.7 Å². The summed E-state index contributed by atoms with van der Waals surface area (Å²) in [4.78, 5) is 17.1. The molecule has 8 nitrogen and oxygen atoms in total. The molecule has 2 aromatic heterocycles. The van der Waals surface area contributed by atoms with E-state index in [9.17, 15) is 31.9 Å². The van der Waals surface area contributed by atoms with E-state index in [0.29, 0.717) is 9.59 Å². The van der Waals surface area contributed by atoms with Gasteiger partial charge in [-0.05, 0) is 43.3 Å². The zero-order chi connectivity index (χ0) is 27.1. The van der Waals surface area contributed by atoms with Crippen LogP contribution in [0.25, 0.3) is 17.1 Å². The van der Waals surface area contributed by atoms with Gasteiger partial charge in [-0.3, -0.25) is 4.57 Å². The Kier molecular flexibility index (Phi) is 7.40. The number of rotatable bonds is 7. The normalized spacial score (nSPS) is 13.6. The van der Waals surface area contributed by atoms with Crippen molar-refractivity contribution < 1.29 is 27.1 Å². The van der Waals surface area contributed by atoms with Gasteiger partial charge in [0, 0.05) is 10.6 Å². The average Bonchev–Trinajstić information content (AvgIpc) is 3.36. The molecule has 1 unspecified atom stereocenters. The van der Waals surface area contributed by atoms with Crippen molar-refractivity contribution in [1.29, 1.82) is 0 Å². The molecule has 0 radical (unpaired) electrons. The van der Waals surface area contributed by atoms with Crippen molar-refractivity contribution in [3.63, 3.8) is 0 Å². The van der Waals surface area contributed by atoms with Gasteiger partial charge >= 0.3 is 11.9 Å². The highest BCUT2D eigenvalue weighted by atomic mass is 35.5. The van der Waals surface area contributed by atoms with Crippen LogP contribution in [-0.4, -0.2) is 46.5 Å². The third-order valence-corrected chi connectivity index (χ3v) is 5.79. The Morgan fingerprint density at radius 2 is 1.76 bits per heavy atom. The van der Waals surface area contributed by atoms with E-state index in [1.807, 2.05) is 0 Å².